The predicted molar refractivity (Wildman–Crippen MR) is 76.5 cm³/mol. The Morgan fingerprint density at radius 3 is 2.61 bits per heavy atom. The Kier molecular flexibility index (Phi) is 3.61. The van der Waals surface area contributed by atoms with Gasteiger partial charge in [0.1, 0.15) is 5.82 Å². The molecule has 8 nitrogen and oxygen atoms in total. The highest BCUT2D eigenvalue weighted by Crippen LogP contribution is 2.35. The van der Waals surface area contributed by atoms with E-state index in [0.29, 0.717) is 5.56 Å². The van der Waals surface area contributed by atoms with E-state index in [1.54, 1.807) is 0 Å². The molecule has 9 heteroatoms. The Morgan fingerprint density at radius 1 is 1.30 bits per heavy atom. The van der Waals surface area contributed by atoms with Crippen molar-refractivity contribution in [3.8, 4) is 0 Å². The predicted octanol–water partition coefficient (Wildman–Crippen LogP) is 0.952. The van der Waals surface area contributed by atoms with Crippen molar-refractivity contribution < 1.29 is 18.7 Å². The molecule has 0 spiro atoms. The number of aromatic nitrogens is 4. The van der Waals surface area contributed by atoms with Gasteiger partial charge in [0.2, 0.25) is 5.95 Å². The number of nitrogens with zero attached hydrogens (tertiary/aromatic N) is 4. The SMILES string of the molecule is COC(=O)C1=C(C(C)=O)[C@@H](c2ccc(F)cc2)Nc2nnnn21. The van der Waals surface area contributed by atoms with Crippen LogP contribution in [0.15, 0.2) is 29.8 Å². The zero-order valence-electron chi connectivity index (χ0n) is 12.3. The number of esters is 1. The lowest BCUT2D eigenvalue weighted by Crippen LogP contribution is -2.30. The van der Waals surface area contributed by atoms with E-state index in [2.05, 4.69) is 20.8 Å². The summed E-state index contributed by atoms with van der Waals surface area (Å²) < 4.78 is 19.0. The topological polar surface area (TPSA) is 99.0 Å². The van der Waals surface area contributed by atoms with E-state index in [-0.39, 0.29) is 23.0 Å². The van der Waals surface area contributed by atoms with Crippen molar-refractivity contribution in [1.82, 2.24) is 20.2 Å². The highest BCUT2D eigenvalue weighted by molar-refractivity contribution is 6.20. The van der Waals surface area contributed by atoms with E-state index in [0.717, 1.165) is 4.68 Å². The van der Waals surface area contributed by atoms with Crippen LogP contribution in [-0.2, 0) is 14.3 Å². The Bertz CT molecular complexity index is 812. The summed E-state index contributed by atoms with van der Waals surface area (Å²) in [4.78, 5) is 24.3. The lowest BCUT2D eigenvalue weighted by molar-refractivity contribution is -0.134. The summed E-state index contributed by atoms with van der Waals surface area (Å²) in [7, 11) is 1.20. The number of hydrogen-bond acceptors (Lipinski definition) is 7. The summed E-state index contributed by atoms with van der Waals surface area (Å²) >= 11 is 0. The zero-order chi connectivity index (χ0) is 16.6. The first kappa shape index (κ1) is 14.8. The van der Waals surface area contributed by atoms with Gasteiger partial charge in [0.25, 0.3) is 0 Å². The van der Waals surface area contributed by atoms with E-state index in [4.69, 9.17) is 4.74 Å². The first-order valence-electron chi connectivity index (χ1n) is 6.67. The van der Waals surface area contributed by atoms with Crippen molar-refractivity contribution in [1.29, 1.82) is 0 Å². The Labute approximate surface area is 129 Å². The van der Waals surface area contributed by atoms with Crippen LogP contribution in [0.4, 0.5) is 10.3 Å². The minimum absolute atomic E-state index is 0.0620. The molecule has 0 aliphatic carbocycles. The van der Waals surface area contributed by atoms with Gasteiger partial charge in [0.05, 0.1) is 18.7 Å². The molecule has 1 atom stereocenters. The second kappa shape index (κ2) is 5.59. The monoisotopic (exact) mass is 317 g/mol. The molecule has 0 bridgehead atoms. The smallest absolute Gasteiger partial charge is 0.357 e. The molecule has 0 saturated heterocycles. The molecule has 0 saturated carbocycles. The summed E-state index contributed by atoms with van der Waals surface area (Å²) in [6, 6.07) is 4.88. The molecule has 0 radical (unpaired) electrons. The average molecular weight is 317 g/mol. The van der Waals surface area contributed by atoms with E-state index in [1.165, 1.54) is 38.3 Å². The number of carbonyl (C=O) groups excluding carboxylic acids is 2. The van der Waals surface area contributed by atoms with Gasteiger partial charge >= 0.3 is 5.97 Å². The van der Waals surface area contributed by atoms with Crippen molar-refractivity contribution in [3.05, 3.63) is 41.2 Å². The van der Waals surface area contributed by atoms with Crippen LogP contribution in [-0.4, -0.2) is 39.1 Å². The second-order valence-electron chi connectivity index (χ2n) is 4.85. The number of Topliss-reactive ketones (excluding diaryl/α,β-unsaturated/α-hetero) is 1. The lowest BCUT2D eigenvalue weighted by atomic mass is 9.93. The Morgan fingerprint density at radius 2 is 2.00 bits per heavy atom. The lowest BCUT2D eigenvalue weighted by Gasteiger charge is -2.27. The van der Waals surface area contributed by atoms with Crippen molar-refractivity contribution in [2.75, 3.05) is 12.4 Å². The number of benzene rings is 1. The molecular weight excluding hydrogens is 305 g/mol. The number of carbonyl (C=O) groups is 2. The number of hydrogen-bond donors (Lipinski definition) is 1. The minimum atomic E-state index is -0.739. The van der Waals surface area contributed by atoms with Gasteiger partial charge in [0, 0.05) is 0 Å². The zero-order valence-corrected chi connectivity index (χ0v) is 12.3. The molecule has 23 heavy (non-hydrogen) atoms. The summed E-state index contributed by atoms with van der Waals surface area (Å²) in [6.45, 7) is 1.33. The minimum Gasteiger partial charge on any atom is -0.464 e. The first-order valence-corrected chi connectivity index (χ1v) is 6.67. The maximum atomic E-state index is 13.1. The van der Waals surface area contributed by atoms with Crippen LogP contribution in [0.3, 0.4) is 0 Å². The molecule has 2 aromatic rings. The van der Waals surface area contributed by atoms with Gasteiger partial charge in [-0.3, -0.25) is 4.79 Å². The number of ether oxygens (including phenoxy) is 1. The Hall–Kier alpha value is -3.10. The summed E-state index contributed by atoms with van der Waals surface area (Å²) in [5.74, 6) is -1.31. The van der Waals surface area contributed by atoms with E-state index in [1.807, 2.05) is 0 Å². The van der Waals surface area contributed by atoms with E-state index in [9.17, 15) is 14.0 Å². The number of anilines is 1. The number of tetrazole rings is 1. The molecule has 118 valence electrons. The van der Waals surface area contributed by atoms with Crippen molar-refractivity contribution in [2.45, 2.75) is 13.0 Å². The first-order chi connectivity index (χ1) is 11.0. The fraction of sp³-hybridized carbons (Fsp3) is 0.214. The van der Waals surface area contributed by atoms with Gasteiger partial charge in [0.15, 0.2) is 11.5 Å². The fourth-order valence-corrected chi connectivity index (χ4v) is 2.45. The van der Waals surface area contributed by atoms with Crippen LogP contribution in [0.5, 0.6) is 0 Å². The van der Waals surface area contributed by atoms with Gasteiger partial charge < -0.3 is 10.1 Å². The van der Waals surface area contributed by atoms with Crippen LogP contribution in [0.2, 0.25) is 0 Å². The molecule has 1 aliphatic heterocycles. The van der Waals surface area contributed by atoms with Gasteiger partial charge in [-0.2, -0.15) is 4.68 Å². The van der Waals surface area contributed by atoms with Gasteiger partial charge in [-0.15, -0.1) is 0 Å². The molecule has 2 heterocycles. The number of fused-ring (bicyclic) bond motifs is 1. The molecule has 0 amide bonds. The number of ketones is 1. The van der Waals surface area contributed by atoms with Crippen molar-refractivity contribution in [2.24, 2.45) is 0 Å². The molecule has 0 fully saturated rings. The van der Waals surface area contributed by atoms with Crippen LogP contribution in [0.25, 0.3) is 5.70 Å². The number of halogens is 1. The van der Waals surface area contributed by atoms with Gasteiger partial charge in [-0.25, -0.2) is 9.18 Å². The van der Waals surface area contributed by atoms with Crippen molar-refractivity contribution >= 4 is 23.4 Å². The standard InChI is InChI=1S/C14H12FN5O3/c1-7(21)10-11(8-3-5-9(15)6-4-8)16-14-17-18-19-20(14)12(10)13(22)23-2/h3-6,11H,1-2H3,(H,16,17,19)/t11-/m1/s1. The third-order valence-corrected chi connectivity index (χ3v) is 3.46. The van der Waals surface area contributed by atoms with E-state index >= 15 is 0 Å². The van der Waals surface area contributed by atoms with Crippen LogP contribution >= 0.6 is 0 Å². The maximum absolute atomic E-state index is 13.1. The Balaban J connectivity index is 2.22. The van der Waals surface area contributed by atoms with Gasteiger partial charge in [-0.1, -0.05) is 17.2 Å². The van der Waals surface area contributed by atoms with E-state index < -0.39 is 17.8 Å². The van der Waals surface area contributed by atoms with Gasteiger partial charge in [-0.05, 0) is 35.0 Å². The highest BCUT2D eigenvalue weighted by Gasteiger charge is 2.36. The second-order valence-corrected chi connectivity index (χ2v) is 4.85. The summed E-state index contributed by atoms with van der Waals surface area (Å²) in [5, 5.41) is 13.9. The number of nitrogens with one attached hydrogen (secondary N) is 1. The number of rotatable bonds is 3. The molecule has 0 unspecified atom stereocenters. The normalized spacial score (nSPS) is 16.6. The summed E-state index contributed by atoms with van der Waals surface area (Å²) in [5.41, 5.74) is 0.670. The third kappa shape index (κ3) is 2.45. The van der Waals surface area contributed by atoms with Crippen LogP contribution in [0, 0.1) is 5.82 Å². The molecule has 1 aromatic carbocycles. The van der Waals surface area contributed by atoms with Crippen molar-refractivity contribution in [3.63, 3.8) is 0 Å². The fourth-order valence-electron chi connectivity index (χ4n) is 2.45. The largest absolute Gasteiger partial charge is 0.464 e. The highest BCUT2D eigenvalue weighted by atomic mass is 19.1. The molecule has 3 rings (SSSR count). The third-order valence-electron chi connectivity index (χ3n) is 3.46. The number of methoxy groups -OCH3 is 1. The summed E-state index contributed by atoms with van der Waals surface area (Å²) in [6.07, 6.45) is 0. The molecule has 1 aliphatic rings. The molecule has 1 N–H and O–H groups in total. The maximum Gasteiger partial charge on any atom is 0.357 e. The van der Waals surface area contributed by atoms with Crippen LogP contribution in [0.1, 0.15) is 18.5 Å². The molecular formula is C14H12FN5O3. The average Bonchev–Trinajstić information content (AvgIpc) is 3.01. The molecule has 1 aromatic heterocycles. The quantitative estimate of drug-likeness (QED) is 0.841. The van der Waals surface area contributed by atoms with Crippen LogP contribution < -0.4 is 5.32 Å².